The molecule has 0 atom stereocenters. The highest BCUT2D eigenvalue weighted by atomic mass is 79.9. The van der Waals surface area contributed by atoms with Crippen molar-refractivity contribution in [3.05, 3.63) is 28.1 Å². The molecule has 84 valence electrons. The largest absolute Gasteiger partial charge is 0.450 e. The molecule has 4 nitrogen and oxygen atoms in total. The molecule has 0 saturated heterocycles. The van der Waals surface area contributed by atoms with Crippen molar-refractivity contribution in [1.82, 2.24) is 5.32 Å². The van der Waals surface area contributed by atoms with Gasteiger partial charge in [0.25, 0.3) is 5.91 Å². The first kappa shape index (κ1) is 12.5. The van der Waals surface area contributed by atoms with E-state index in [1.807, 2.05) is 19.9 Å². The van der Waals surface area contributed by atoms with E-state index in [0.717, 1.165) is 0 Å². The van der Waals surface area contributed by atoms with Gasteiger partial charge in [0.15, 0.2) is 4.67 Å². The maximum atomic E-state index is 11.5. The minimum atomic E-state index is -0.398. The molecule has 0 aromatic carbocycles. The summed E-state index contributed by atoms with van der Waals surface area (Å²) in [5.74, 6) is 0.0624. The molecule has 1 aromatic rings. The van der Waals surface area contributed by atoms with Crippen LogP contribution in [-0.4, -0.2) is 11.9 Å². The van der Waals surface area contributed by atoms with Gasteiger partial charge in [0.2, 0.25) is 0 Å². The zero-order valence-corrected chi connectivity index (χ0v) is 10.5. The molecule has 0 radical (unpaired) electrons. The van der Waals surface area contributed by atoms with Crippen molar-refractivity contribution >= 4 is 27.9 Å². The van der Waals surface area contributed by atoms with Gasteiger partial charge in [-0.25, -0.2) is 0 Å². The zero-order chi connectivity index (χ0) is 12.1. The second-order valence-corrected chi connectivity index (χ2v) is 4.22. The Labute approximate surface area is 102 Å². The van der Waals surface area contributed by atoms with E-state index < -0.39 is 5.91 Å². The first-order valence-corrected chi connectivity index (χ1v) is 5.50. The summed E-state index contributed by atoms with van der Waals surface area (Å²) in [6.45, 7) is 3.66. The zero-order valence-electron chi connectivity index (χ0n) is 8.95. The summed E-state index contributed by atoms with van der Waals surface area (Å²) in [5.41, 5.74) is 0.0237. The van der Waals surface area contributed by atoms with Crippen LogP contribution in [0.3, 0.4) is 0 Å². The summed E-state index contributed by atoms with van der Waals surface area (Å²) >= 11 is 3.14. The third-order valence-electron chi connectivity index (χ3n) is 1.67. The summed E-state index contributed by atoms with van der Waals surface area (Å²) in [4.78, 5) is 11.5. The fourth-order valence-electron chi connectivity index (χ4n) is 1.04. The van der Waals surface area contributed by atoms with Crippen molar-refractivity contribution in [3.63, 3.8) is 0 Å². The summed E-state index contributed by atoms with van der Waals surface area (Å²) in [5, 5.41) is 11.5. The summed E-state index contributed by atoms with van der Waals surface area (Å²) in [6.07, 6.45) is 1.41. The number of hydrogen-bond acceptors (Lipinski definition) is 3. The van der Waals surface area contributed by atoms with Crippen molar-refractivity contribution in [2.24, 2.45) is 0 Å². The number of nitrogens with one attached hydrogen (secondary N) is 1. The number of hydrogen-bond donors (Lipinski definition) is 1. The predicted octanol–water partition coefficient (Wildman–Crippen LogP) is 2.47. The first-order chi connectivity index (χ1) is 7.52. The molecule has 0 saturated carbocycles. The number of amides is 1. The fraction of sp³-hybridized carbons (Fsp3) is 0.273. The summed E-state index contributed by atoms with van der Waals surface area (Å²) < 4.78 is 5.74. The van der Waals surface area contributed by atoms with Gasteiger partial charge < -0.3 is 9.73 Å². The number of furan rings is 1. The Morgan fingerprint density at radius 2 is 2.31 bits per heavy atom. The smallest absolute Gasteiger partial charge is 0.262 e. The highest BCUT2D eigenvalue weighted by Crippen LogP contribution is 2.16. The number of rotatable bonds is 3. The first-order valence-electron chi connectivity index (χ1n) is 4.71. The molecule has 0 aliphatic rings. The van der Waals surface area contributed by atoms with E-state index in [1.54, 1.807) is 12.1 Å². The normalized spacial score (nSPS) is 11.3. The average molecular weight is 283 g/mol. The van der Waals surface area contributed by atoms with Crippen LogP contribution in [-0.2, 0) is 4.79 Å². The Morgan fingerprint density at radius 3 is 2.75 bits per heavy atom. The molecule has 0 bridgehead atoms. The van der Waals surface area contributed by atoms with E-state index in [2.05, 4.69) is 21.2 Å². The van der Waals surface area contributed by atoms with E-state index in [1.165, 1.54) is 6.08 Å². The van der Waals surface area contributed by atoms with E-state index in [4.69, 9.17) is 9.68 Å². The highest BCUT2D eigenvalue weighted by molar-refractivity contribution is 9.10. The van der Waals surface area contributed by atoms with Crippen molar-refractivity contribution in [2.75, 3.05) is 0 Å². The van der Waals surface area contributed by atoms with Crippen molar-refractivity contribution in [1.29, 1.82) is 5.26 Å². The van der Waals surface area contributed by atoms with Gasteiger partial charge in [0.05, 0.1) is 0 Å². The van der Waals surface area contributed by atoms with Gasteiger partial charge in [-0.2, -0.15) is 5.26 Å². The lowest BCUT2D eigenvalue weighted by molar-refractivity contribution is -0.117. The molecule has 5 heteroatoms. The van der Waals surface area contributed by atoms with E-state index >= 15 is 0 Å². The van der Waals surface area contributed by atoms with Gasteiger partial charge in [-0.05, 0) is 41.9 Å². The minimum Gasteiger partial charge on any atom is -0.450 e. The van der Waals surface area contributed by atoms with Gasteiger partial charge in [0.1, 0.15) is 17.4 Å². The second kappa shape index (κ2) is 5.52. The van der Waals surface area contributed by atoms with Crippen LogP contribution in [0, 0.1) is 11.3 Å². The van der Waals surface area contributed by atoms with Crippen molar-refractivity contribution < 1.29 is 9.21 Å². The Bertz CT molecular complexity index is 455. The third kappa shape index (κ3) is 3.55. The number of carbonyl (C=O) groups is 1. The molecular weight excluding hydrogens is 272 g/mol. The number of halogens is 1. The quantitative estimate of drug-likeness (QED) is 0.684. The number of nitriles is 1. The molecule has 1 aromatic heterocycles. The third-order valence-corrected chi connectivity index (χ3v) is 2.09. The second-order valence-electron chi connectivity index (χ2n) is 3.44. The van der Waals surface area contributed by atoms with E-state index in [0.29, 0.717) is 10.4 Å². The lowest BCUT2D eigenvalue weighted by Crippen LogP contribution is -2.30. The maximum absolute atomic E-state index is 11.5. The maximum Gasteiger partial charge on any atom is 0.262 e. The molecule has 0 spiro atoms. The van der Waals surface area contributed by atoms with Crippen molar-refractivity contribution in [3.8, 4) is 6.07 Å². The fourth-order valence-corrected chi connectivity index (χ4v) is 1.36. The topological polar surface area (TPSA) is 66.0 Å². The van der Waals surface area contributed by atoms with Crippen LogP contribution in [0.2, 0.25) is 0 Å². The van der Waals surface area contributed by atoms with Gasteiger partial charge in [-0.1, -0.05) is 0 Å². The molecule has 0 aliphatic heterocycles. The van der Waals surface area contributed by atoms with Crippen LogP contribution in [0.15, 0.2) is 26.8 Å². The number of carbonyl (C=O) groups excluding carboxylic acids is 1. The van der Waals surface area contributed by atoms with E-state index in [9.17, 15) is 4.79 Å². The SMILES string of the molecule is CC(C)NC(=O)/C(C#N)=C\c1ccc(Br)o1. The monoisotopic (exact) mass is 282 g/mol. The van der Waals surface area contributed by atoms with Gasteiger partial charge in [-0.3, -0.25) is 4.79 Å². The summed E-state index contributed by atoms with van der Waals surface area (Å²) in [6, 6.07) is 5.20. The molecule has 16 heavy (non-hydrogen) atoms. The van der Waals surface area contributed by atoms with E-state index in [-0.39, 0.29) is 11.6 Å². The molecule has 0 fully saturated rings. The summed E-state index contributed by atoms with van der Waals surface area (Å²) in [7, 11) is 0. The van der Waals surface area contributed by atoms with Crippen LogP contribution >= 0.6 is 15.9 Å². The Hall–Kier alpha value is -1.54. The Morgan fingerprint density at radius 1 is 1.62 bits per heavy atom. The average Bonchev–Trinajstić information content (AvgIpc) is 2.59. The molecule has 1 rings (SSSR count). The minimum absolute atomic E-state index is 0.00686. The van der Waals surface area contributed by atoms with Gasteiger partial charge in [-0.15, -0.1) is 0 Å². The molecule has 1 heterocycles. The molecule has 0 unspecified atom stereocenters. The van der Waals surface area contributed by atoms with Crippen LogP contribution in [0.25, 0.3) is 6.08 Å². The van der Waals surface area contributed by atoms with Crippen molar-refractivity contribution in [2.45, 2.75) is 19.9 Å². The van der Waals surface area contributed by atoms with Gasteiger partial charge >= 0.3 is 0 Å². The molecule has 1 amide bonds. The van der Waals surface area contributed by atoms with Crippen LogP contribution in [0.1, 0.15) is 19.6 Å². The molecule has 0 aliphatic carbocycles. The lowest BCUT2D eigenvalue weighted by Gasteiger charge is -2.06. The van der Waals surface area contributed by atoms with Crippen LogP contribution < -0.4 is 5.32 Å². The van der Waals surface area contributed by atoms with Gasteiger partial charge in [0, 0.05) is 12.1 Å². The Balaban J connectivity index is 2.87. The standard InChI is InChI=1S/C11H11BrN2O2/c1-7(2)14-11(15)8(6-13)5-9-3-4-10(12)16-9/h3-5,7H,1-2H3,(H,14,15)/b8-5-. The predicted molar refractivity (Wildman–Crippen MR) is 63.3 cm³/mol. The Kier molecular flexibility index (Phi) is 4.32. The molecular formula is C11H11BrN2O2. The highest BCUT2D eigenvalue weighted by Gasteiger charge is 2.10. The van der Waals surface area contributed by atoms with Crippen LogP contribution in [0.4, 0.5) is 0 Å². The molecule has 1 N–H and O–H groups in total. The van der Waals surface area contributed by atoms with Crippen LogP contribution in [0.5, 0.6) is 0 Å². The lowest BCUT2D eigenvalue weighted by atomic mass is 10.2. The number of nitrogens with zero attached hydrogens (tertiary/aromatic N) is 1.